The highest BCUT2D eigenvalue weighted by Crippen LogP contribution is 2.26. The van der Waals surface area contributed by atoms with E-state index in [1.54, 1.807) is 0 Å². The van der Waals surface area contributed by atoms with Crippen LogP contribution >= 0.6 is 0 Å². The van der Waals surface area contributed by atoms with E-state index in [9.17, 15) is 0 Å². The van der Waals surface area contributed by atoms with Gasteiger partial charge >= 0.3 is 8.80 Å². The van der Waals surface area contributed by atoms with Gasteiger partial charge in [-0.15, -0.1) is 0 Å². The lowest BCUT2D eigenvalue weighted by Crippen LogP contribution is -2.51. The summed E-state index contributed by atoms with van der Waals surface area (Å²) in [5, 5.41) is 0. The predicted molar refractivity (Wildman–Crippen MR) is 121 cm³/mol. The van der Waals surface area contributed by atoms with Gasteiger partial charge in [0.05, 0.1) is 8.80 Å². The van der Waals surface area contributed by atoms with E-state index in [0.29, 0.717) is 13.2 Å². The Morgan fingerprint density at radius 1 is 1.04 bits per heavy atom. The first-order chi connectivity index (χ1) is 12.6. The molecule has 0 bridgehead atoms. The van der Waals surface area contributed by atoms with E-state index in [4.69, 9.17) is 13.3 Å². The van der Waals surface area contributed by atoms with Crippen molar-refractivity contribution in [3.63, 3.8) is 0 Å². The molecule has 4 nitrogen and oxygen atoms in total. The van der Waals surface area contributed by atoms with Crippen LogP contribution in [0.5, 0.6) is 0 Å². The molecule has 0 radical (unpaired) electrons. The quantitative estimate of drug-likeness (QED) is 0.446. The molecule has 1 atom stereocenters. The summed E-state index contributed by atoms with van der Waals surface area (Å²) in [7, 11) is -3.54. The van der Waals surface area contributed by atoms with Crippen LogP contribution < -0.4 is 4.90 Å². The normalized spacial score (nSPS) is 13.8. The maximum absolute atomic E-state index is 6.49. The molecule has 0 saturated carbocycles. The molecule has 1 unspecified atom stereocenters. The minimum absolute atomic E-state index is 0.0573. The minimum atomic E-state index is -2.64. The second-order valence-electron chi connectivity index (χ2n) is 8.38. The maximum Gasteiger partial charge on any atom is 0.500 e. The van der Waals surface area contributed by atoms with Gasteiger partial charge in [0.25, 0.3) is 0 Å². The van der Waals surface area contributed by atoms with Crippen LogP contribution in [-0.4, -0.2) is 48.6 Å². The molecule has 156 valence electrons. The van der Waals surface area contributed by atoms with Gasteiger partial charge in [0.2, 0.25) is 0 Å². The third kappa shape index (κ3) is 8.07. The van der Waals surface area contributed by atoms with E-state index in [-0.39, 0.29) is 11.3 Å². The first kappa shape index (κ1) is 24.4. The molecule has 0 N–H and O–H groups in total. The highest BCUT2D eigenvalue weighted by Gasteiger charge is 2.42. The topological polar surface area (TPSA) is 30.9 Å². The van der Waals surface area contributed by atoms with Crippen molar-refractivity contribution in [3.8, 4) is 0 Å². The monoisotopic (exact) mass is 411 g/mol. The lowest BCUT2D eigenvalue weighted by molar-refractivity contribution is 0.0586. The van der Waals surface area contributed by atoms with Crippen molar-refractivity contribution >= 4 is 23.3 Å². The van der Waals surface area contributed by atoms with Gasteiger partial charge in [-0.05, 0) is 60.1 Å². The molecule has 1 rings (SSSR count). The Morgan fingerprint density at radius 3 is 2.04 bits per heavy atom. The molecule has 0 aliphatic rings. The van der Waals surface area contributed by atoms with Crippen LogP contribution in [0.2, 0.25) is 19.1 Å². The molecular formula is C21H41NO3Si2. The number of hydrogen-bond donors (Lipinski definition) is 0. The molecule has 0 amide bonds. The Hall–Kier alpha value is -0.666. The summed E-state index contributed by atoms with van der Waals surface area (Å²) in [4.78, 5) is 2.46. The van der Waals surface area contributed by atoms with Crippen LogP contribution in [0.15, 0.2) is 30.3 Å². The number of rotatable bonds is 12. The van der Waals surface area contributed by atoms with Gasteiger partial charge in [-0.1, -0.05) is 31.3 Å². The molecular weight excluding hydrogens is 370 g/mol. The molecule has 0 aliphatic heterocycles. The average molecular weight is 412 g/mol. The molecule has 0 fully saturated rings. The highest BCUT2D eigenvalue weighted by molar-refractivity contribution is 6.63. The summed E-state index contributed by atoms with van der Waals surface area (Å²) in [6.45, 7) is 19.9. The van der Waals surface area contributed by atoms with Crippen molar-refractivity contribution < 1.29 is 13.3 Å². The number of benzene rings is 1. The summed E-state index contributed by atoms with van der Waals surface area (Å²) in [5.41, 5.74) is 1.58. The molecule has 0 aliphatic carbocycles. The first-order valence-electron chi connectivity index (χ1n) is 10.4. The molecule has 0 saturated heterocycles. The summed E-state index contributed by atoms with van der Waals surface area (Å²) >= 11 is 0. The van der Waals surface area contributed by atoms with E-state index in [0.717, 1.165) is 19.0 Å². The fraction of sp³-hybridized carbons (Fsp3) is 0.714. The Balaban J connectivity index is 2.88. The molecule has 1 aromatic rings. The van der Waals surface area contributed by atoms with Crippen LogP contribution in [0.4, 0.5) is 5.69 Å². The number of nitrogens with zero attached hydrogens (tertiary/aromatic N) is 1. The zero-order valence-electron chi connectivity index (χ0n) is 18.7. The van der Waals surface area contributed by atoms with Gasteiger partial charge in [0.15, 0.2) is 0 Å². The number of anilines is 1. The van der Waals surface area contributed by atoms with Gasteiger partial charge in [0, 0.05) is 42.8 Å². The van der Waals surface area contributed by atoms with Crippen LogP contribution in [-0.2, 0) is 13.3 Å². The molecule has 27 heavy (non-hydrogen) atoms. The van der Waals surface area contributed by atoms with Gasteiger partial charge in [-0.2, -0.15) is 0 Å². The zero-order valence-corrected chi connectivity index (χ0v) is 20.9. The lowest BCUT2D eigenvalue weighted by atomic mass is 10.0. The molecule has 0 aromatic heterocycles. The summed E-state index contributed by atoms with van der Waals surface area (Å²) in [6, 6.07) is 11.5. The predicted octanol–water partition coefficient (Wildman–Crippen LogP) is 5.12. The second kappa shape index (κ2) is 11.4. The standard InChI is InChI=1S/C21H41NO3Si2/c1-9-23-27(24-10-2,25-19(3)26(7)8)18-14-17-22(21(4,5)6)20-15-12-11-13-16-20/h11-13,15-16,19,26H,9-10,14,17-18H2,1-8H3. The molecule has 1 aromatic carbocycles. The molecule has 0 spiro atoms. The van der Waals surface area contributed by atoms with E-state index >= 15 is 0 Å². The average Bonchev–Trinajstić information content (AvgIpc) is 2.58. The molecule has 0 heterocycles. The highest BCUT2D eigenvalue weighted by atomic mass is 28.4. The first-order valence-corrected chi connectivity index (χ1v) is 15.3. The third-order valence-corrected chi connectivity index (χ3v) is 10.2. The third-order valence-electron chi connectivity index (χ3n) is 4.78. The Labute approximate surface area is 170 Å². The van der Waals surface area contributed by atoms with Gasteiger partial charge in [-0.25, -0.2) is 0 Å². The summed E-state index contributed by atoms with van der Waals surface area (Å²) in [5.74, 6) is 0. The van der Waals surface area contributed by atoms with E-state index in [1.807, 2.05) is 13.8 Å². The maximum atomic E-state index is 6.49. The van der Waals surface area contributed by atoms with Crippen molar-refractivity contribution in [2.24, 2.45) is 0 Å². The summed E-state index contributed by atoms with van der Waals surface area (Å²) in [6.07, 6.45) is 0.991. The molecule has 6 heteroatoms. The Bertz CT molecular complexity index is 514. The minimum Gasteiger partial charge on any atom is -0.374 e. The van der Waals surface area contributed by atoms with Crippen molar-refractivity contribution in [2.75, 3.05) is 24.7 Å². The van der Waals surface area contributed by atoms with Crippen LogP contribution in [0.25, 0.3) is 0 Å². The van der Waals surface area contributed by atoms with Crippen molar-refractivity contribution in [2.45, 2.75) is 78.4 Å². The van der Waals surface area contributed by atoms with Crippen LogP contribution in [0.1, 0.15) is 48.0 Å². The SMILES string of the molecule is CCO[Si](CCCN(c1ccccc1)C(C)(C)C)(OCC)OC(C)[SiH](C)C. The lowest BCUT2D eigenvalue weighted by Gasteiger charge is -2.39. The van der Waals surface area contributed by atoms with E-state index < -0.39 is 17.6 Å². The van der Waals surface area contributed by atoms with E-state index in [2.05, 4.69) is 76.0 Å². The van der Waals surface area contributed by atoms with Gasteiger partial charge in [-0.3, -0.25) is 0 Å². The second-order valence-corrected chi connectivity index (χ2v) is 14.5. The van der Waals surface area contributed by atoms with Crippen LogP contribution in [0.3, 0.4) is 0 Å². The van der Waals surface area contributed by atoms with E-state index in [1.165, 1.54) is 5.69 Å². The Morgan fingerprint density at radius 2 is 1.59 bits per heavy atom. The Kier molecular flexibility index (Phi) is 10.3. The van der Waals surface area contributed by atoms with Crippen molar-refractivity contribution in [3.05, 3.63) is 30.3 Å². The van der Waals surface area contributed by atoms with Gasteiger partial charge < -0.3 is 18.2 Å². The van der Waals surface area contributed by atoms with Crippen LogP contribution in [0, 0.1) is 0 Å². The smallest absolute Gasteiger partial charge is 0.374 e. The largest absolute Gasteiger partial charge is 0.500 e. The fourth-order valence-corrected chi connectivity index (χ4v) is 7.46. The summed E-state index contributed by atoms with van der Waals surface area (Å²) < 4.78 is 18.8. The number of para-hydroxylation sites is 1. The van der Waals surface area contributed by atoms with Crippen molar-refractivity contribution in [1.29, 1.82) is 0 Å². The zero-order chi connectivity index (χ0) is 20.5. The number of hydrogen-bond acceptors (Lipinski definition) is 4. The fourth-order valence-electron chi connectivity index (χ4n) is 3.09. The van der Waals surface area contributed by atoms with Crippen molar-refractivity contribution in [1.82, 2.24) is 0 Å². The van der Waals surface area contributed by atoms with Gasteiger partial charge in [0.1, 0.15) is 0 Å².